The Morgan fingerprint density at radius 3 is 2.57 bits per heavy atom. The summed E-state index contributed by atoms with van der Waals surface area (Å²) >= 11 is 0. The first-order valence-electron chi connectivity index (χ1n) is 10.1. The Hall–Kier alpha value is -2.62. The van der Waals surface area contributed by atoms with Crippen molar-refractivity contribution in [1.82, 2.24) is 0 Å². The van der Waals surface area contributed by atoms with E-state index >= 15 is 0 Å². The molecule has 0 aromatic heterocycles. The number of rotatable bonds is 5. The van der Waals surface area contributed by atoms with E-state index in [1.165, 1.54) is 17.7 Å². The monoisotopic (exact) mass is 430 g/mol. The number of nitrogens with zero attached hydrogens (tertiary/aromatic N) is 2. The number of ether oxygens (including phenoxy) is 1. The lowest BCUT2D eigenvalue weighted by Crippen LogP contribution is -2.37. The molecule has 0 bridgehead atoms. The summed E-state index contributed by atoms with van der Waals surface area (Å²) in [7, 11) is -3.93. The van der Waals surface area contributed by atoms with Crippen LogP contribution in [-0.2, 0) is 21.2 Å². The fraction of sp³-hybridized carbons (Fsp3) is 0.381. The van der Waals surface area contributed by atoms with Gasteiger partial charge in [-0.3, -0.25) is 4.79 Å². The number of nitrogens with one attached hydrogen (secondary N) is 1. The third-order valence-corrected chi connectivity index (χ3v) is 6.52. The fourth-order valence-electron chi connectivity index (χ4n) is 4.00. The van der Waals surface area contributed by atoms with Gasteiger partial charge in [0.25, 0.3) is 5.91 Å². The Bertz CT molecular complexity index is 1060. The molecule has 0 spiro atoms. The van der Waals surface area contributed by atoms with E-state index in [0.29, 0.717) is 37.7 Å². The summed E-state index contributed by atoms with van der Waals surface area (Å²) in [5, 5.41) is 8.23. The minimum atomic E-state index is -3.93. The van der Waals surface area contributed by atoms with E-state index < -0.39 is 10.0 Å². The molecule has 0 unspecified atom stereocenters. The smallest absolute Gasteiger partial charge is 0.257 e. The number of nitrogens with two attached hydrogens (primary N) is 1. The van der Waals surface area contributed by atoms with E-state index in [4.69, 9.17) is 9.88 Å². The summed E-state index contributed by atoms with van der Waals surface area (Å²) in [6, 6.07) is 10.3. The summed E-state index contributed by atoms with van der Waals surface area (Å²) < 4.78 is 29.1. The minimum Gasteiger partial charge on any atom is -0.378 e. The van der Waals surface area contributed by atoms with Gasteiger partial charge in [0.15, 0.2) is 0 Å². The lowest BCUT2D eigenvalue weighted by molar-refractivity contribution is 0.102. The zero-order chi connectivity index (χ0) is 21.3. The summed E-state index contributed by atoms with van der Waals surface area (Å²) in [4.78, 5) is 17.4. The molecule has 1 amide bonds. The van der Waals surface area contributed by atoms with E-state index in [1.54, 1.807) is 6.07 Å². The van der Waals surface area contributed by atoms with Crippen LogP contribution in [0.5, 0.6) is 0 Å². The lowest BCUT2D eigenvalue weighted by atomic mass is 10.1. The molecule has 2 heterocycles. The van der Waals surface area contributed by atoms with Crippen molar-refractivity contribution < 1.29 is 17.9 Å². The van der Waals surface area contributed by atoms with E-state index in [9.17, 15) is 13.2 Å². The van der Waals surface area contributed by atoms with Crippen molar-refractivity contribution in [2.45, 2.75) is 18.2 Å². The molecule has 0 radical (unpaired) electrons. The predicted octanol–water partition coefficient (Wildman–Crippen LogP) is 1.81. The van der Waals surface area contributed by atoms with Gasteiger partial charge in [0.05, 0.1) is 23.7 Å². The average Bonchev–Trinajstić information content (AvgIpc) is 3.15. The molecule has 4 rings (SSSR count). The van der Waals surface area contributed by atoms with Crippen LogP contribution in [0, 0.1) is 0 Å². The van der Waals surface area contributed by atoms with Crippen molar-refractivity contribution in [2.75, 3.05) is 54.5 Å². The van der Waals surface area contributed by atoms with Crippen LogP contribution in [0.15, 0.2) is 41.3 Å². The molecule has 2 aromatic carbocycles. The molecular weight excluding hydrogens is 404 g/mol. The van der Waals surface area contributed by atoms with Crippen LogP contribution in [0.4, 0.5) is 17.1 Å². The quantitative estimate of drug-likeness (QED) is 0.750. The minimum absolute atomic E-state index is 0.0872. The first kappa shape index (κ1) is 20.6. The van der Waals surface area contributed by atoms with Gasteiger partial charge in [0.1, 0.15) is 0 Å². The molecule has 0 atom stereocenters. The van der Waals surface area contributed by atoms with Gasteiger partial charge in [0, 0.05) is 43.2 Å². The predicted molar refractivity (Wildman–Crippen MR) is 117 cm³/mol. The van der Waals surface area contributed by atoms with Crippen LogP contribution >= 0.6 is 0 Å². The molecule has 8 nitrogen and oxygen atoms in total. The second kappa shape index (κ2) is 8.25. The highest BCUT2D eigenvalue weighted by Crippen LogP contribution is 2.31. The van der Waals surface area contributed by atoms with Gasteiger partial charge in [-0.25, -0.2) is 13.6 Å². The Morgan fingerprint density at radius 1 is 1.10 bits per heavy atom. The number of fused-ring (bicyclic) bond motifs is 1. The molecule has 2 aliphatic heterocycles. The number of morpholine rings is 1. The van der Waals surface area contributed by atoms with Gasteiger partial charge in [-0.05, 0) is 49.2 Å². The summed E-state index contributed by atoms with van der Waals surface area (Å²) in [6.07, 6.45) is 0.995. The van der Waals surface area contributed by atoms with E-state index in [2.05, 4.69) is 17.1 Å². The summed E-state index contributed by atoms with van der Waals surface area (Å²) in [5.41, 5.74) is 4.01. The molecule has 2 aromatic rings. The number of amides is 1. The second-order valence-corrected chi connectivity index (χ2v) is 9.01. The van der Waals surface area contributed by atoms with Crippen LogP contribution < -0.4 is 20.3 Å². The van der Waals surface area contributed by atoms with E-state index in [1.807, 2.05) is 23.1 Å². The number of likely N-dealkylation sites (N-methyl/N-ethyl adjacent to an activating group) is 1. The highest BCUT2D eigenvalue weighted by atomic mass is 32.2. The molecule has 160 valence electrons. The van der Waals surface area contributed by atoms with Crippen LogP contribution in [0.2, 0.25) is 0 Å². The maximum atomic E-state index is 13.2. The maximum Gasteiger partial charge on any atom is 0.257 e. The van der Waals surface area contributed by atoms with Crippen molar-refractivity contribution in [3.05, 3.63) is 47.5 Å². The zero-order valence-electron chi connectivity index (χ0n) is 16.9. The lowest BCUT2D eigenvalue weighted by Gasteiger charge is -2.30. The number of sulfonamides is 1. The molecule has 0 saturated carbocycles. The number of primary sulfonamides is 1. The van der Waals surface area contributed by atoms with Crippen molar-refractivity contribution in [3.63, 3.8) is 0 Å². The van der Waals surface area contributed by atoms with E-state index in [0.717, 1.165) is 25.2 Å². The second-order valence-electron chi connectivity index (χ2n) is 7.45. The Balaban J connectivity index is 1.67. The standard InChI is InChI=1S/C21H26N4O4S/c1-2-24-8-7-15-3-4-16(13-20(15)24)23-21(26)18-14-17(30(22,27)28)5-6-19(18)25-9-11-29-12-10-25/h3-6,13-14H,2,7-12H2,1H3,(H,23,26)(H2,22,27,28). The van der Waals surface area contributed by atoms with Gasteiger partial charge in [-0.2, -0.15) is 0 Å². The number of hydrogen-bond acceptors (Lipinski definition) is 6. The zero-order valence-corrected chi connectivity index (χ0v) is 17.7. The van der Waals surface area contributed by atoms with Crippen molar-refractivity contribution in [1.29, 1.82) is 0 Å². The normalized spacial score (nSPS) is 16.5. The molecule has 9 heteroatoms. The Kier molecular flexibility index (Phi) is 5.68. The van der Waals surface area contributed by atoms with Gasteiger partial charge in [-0.15, -0.1) is 0 Å². The molecule has 1 saturated heterocycles. The van der Waals surface area contributed by atoms with Crippen LogP contribution in [0.3, 0.4) is 0 Å². The molecule has 1 fully saturated rings. The molecular formula is C21H26N4O4S. The highest BCUT2D eigenvalue weighted by molar-refractivity contribution is 7.89. The topological polar surface area (TPSA) is 105 Å². The van der Waals surface area contributed by atoms with Gasteiger partial charge < -0.3 is 19.9 Å². The Labute approximate surface area is 176 Å². The molecule has 2 aliphatic rings. The van der Waals surface area contributed by atoms with Crippen molar-refractivity contribution in [2.24, 2.45) is 5.14 Å². The maximum absolute atomic E-state index is 13.2. The van der Waals surface area contributed by atoms with Gasteiger partial charge in [0.2, 0.25) is 10.0 Å². The first-order chi connectivity index (χ1) is 14.4. The molecule has 3 N–H and O–H groups in total. The summed E-state index contributed by atoms with van der Waals surface area (Å²) in [5.74, 6) is -0.372. The molecule has 30 heavy (non-hydrogen) atoms. The number of carbonyl (C=O) groups excluding carboxylic acids is 1. The van der Waals surface area contributed by atoms with Crippen molar-refractivity contribution >= 4 is 33.0 Å². The van der Waals surface area contributed by atoms with Gasteiger partial charge in [-0.1, -0.05) is 6.07 Å². The van der Waals surface area contributed by atoms with Crippen molar-refractivity contribution in [3.8, 4) is 0 Å². The number of hydrogen-bond donors (Lipinski definition) is 2. The van der Waals surface area contributed by atoms with Crippen LogP contribution in [0.1, 0.15) is 22.8 Å². The highest BCUT2D eigenvalue weighted by Gasteiger charge is 2.23. The SMILES string of the molecule is CCN1CCc2ccc(NC(=O)c3cc(S(N)(=O)=O)ccc3N3CCOCC3)cc21. The first-order valence-corrected chi connectivity index (χ1v) is 11.6. The number of benzene rings is 2. The fourth-order valence-corrected chi connectivity index (χ4v) is 4.54. The Morgan fingerprint density at radius 2 is 1.87 bits per heavy atom. The third-order valence-electron chi connectivity index (χ3n) is 5.61. The summed E-state index contributed by atoms with van der Waals surface area (Å²) in [6.45, 7) is 6.33. The third kappa shape index (κ3) is 4.14. The van der Waals surface area contributed by atoms with Crippen LogP contribution in [-0.4, -0.2) is 53.7 Å². The average molecular weight is 431 g/mol. The number of carbonyl (C=O) groups is 1. The van der Waals surface area contributed by atoms with E-state index in [-0.39, 0.29) is 16.4 Å². The number of anilines is 3. The molecule has 0 aliphatic carbocycles. The largest absolute Gasteiger partial charge is 0.378 e. The van der Waals surface area contributed by atoms with Crippen LogP contribution in [0.25, 0.3) is 0 Å². The van der Waals surface area contributed by atoms with Gasteiger partial charge >= 0.3 is 0 Å².